The monoisotopic (exact) mass is 332 g/mol. The molecule has 0 bridgehead atoms. The standard InChI is InChI=1S/C19H25FN2O2/c20-16-8-6-15(7-9-16)14-19(10-12-24-13-11-19)22-18(23)21-17-4-2-1-3-5-17/h2,4,6-9,17H,1,3,5,10-14H2,(H2,21,22,23). The van der Waals surface area contributed by atoms with E-state index >= 15 is 0 Å². The van der Waals surface area contributed by atoms with Gasteiger partial charge in [-0.15, -0.1) is 0 Å². The molecule has 1 saturated heterocycles. The van der Waals surface area contributed by atoms with Crippen LogP contribution < -0.4 is 10.6 Å². The molecule has 3 rings (SSSR count). The zero-order valence-corrected chi connectivity index (χ0v) is 13.9. The van der Waals surface area contributed by atoms with E-state index in [-0.39, 0.29) is 23.4 Å². The highest BCUT2D eigenvalue weighted by atomic mass is 19.1. The Morgan fingerprint density at radius 2 is 2.00 bits per heavy atom. The van der Waals surface area contributed by atoms with Crippen LogP contribution in [0.15, 0.2) is 36.4 Å². The van der Waals surface area contributed by atoms with E-state index in [9.17, 15) is 9.18 Å². The Labute approximate surface area is 142 Å². The van der Waals surface area contributed by atoms with E-state index in [2.05, 4.69) is 22.8 Å². The van der Waals surface area contributed by atoms with E-state index in [0.29, 0.717) is 19.6 Å². The van der Waals surface area contributed by atoms with Crippen LogP contribution in [0.2, 0.25) is 0 Å². The van der Waals surface area contributed by atoms with Crippen molar-refractivity contribution in [2.24, 2.45) is 0 Å². The highest BCUT2D eigenvalue weighted by molar-refractivity contribution is 5.75. The number of ether oxygens (including phenoxy) is 1. The molecule has 1 unspecified atom stereocenters. The highest BCUT2D eigenvalue weighted by Crippen LogP contribution is 2.26. The Kier molecular flexibility index (Phi) is 5.51. The van der Waals surface area contributed by atoms with Crippen molar-refractivity contribution in [3.8, 4) is 0 Å². The first-order chi connectivity index (χ1) is 11.7. The molecule has 2 aliphatic rings. The number of hydrogen-bond donors (Lipinski definition) is 2. The molecule has 0 spiro atoms. The average Bonchev–Trinajstić information content (AvgIpc) is 2.58. The number of nitrogens with one attached hydrogen (secondary N) is 2. The van der Waals surface area contributed by atoms with Crippen molar-refractivity contribution in [2.45, 2.75) is 50.1 Å². The third-order valence-corrected chi connectivity index (χ3v) is 4.86. The Balaban J connectivity index is 1.66. The van der Waals surface area contributed by atoms with Gasteiger partial charge >= 0.3 is 6.03 Å². The Morgan fingerprint density at radius 1 is 1.25 bits per heavy atom. The summed E-state index contributed by atoms with van der Waals surface area (Å²) < 4.78 is 18.6. The summed E-state index contributed by atoms with van der Waals surface area (Å²) in [6, 6.07) is 6.49. The zero-order valence-electron chi connectivity index (χ0n) is 13.9. The minimum Gasteiger partial charge on any atom is -0.381 e. The van der Waals surface area contributed by atoms with Crippen molar-refractivity contribution in [1.82, 2.24) is 10.6 Å². The molecule has 2 amide bonds. The number of carbonyl (C=O) groups is 1. The Bertz CT molecular complexity index is 580. The average molecular weight is 332 g/mol. The lowest BCUT2D eigenvalue weighted by atomic mass is 9.83. The van der Waals surface area contributed by atoms with Gasteiger partial charge in [0.05, 0.1) is 5.54 Å². The summed E-state index contributed by atoms with van der Waals surface area (Å²) in [4.78, 5) is 12.5. The summed E-state index contributed by atoms with van der Waals surface area (Å²) >= 11 is 0. The van der Waals surface area contributed by atoms with Crippen LogP contribution in [0.4, 0.5) is 9.18 Å². The Hall–Kier alpha value is -1.88. The summed E-state index contributed by atoms with van der Waals surface area (Å²) in [6.45, 7) is 1.26. The predicted molar refractivity (Wildman–Crippen MR) is 91.3 cm³/mol. The lowest BCUT2D eigenvalue weighted by Gasteiger charge is -2.38. The van der Waals surface area contributed by atoms with Crippen molar-refractivity contribution in [3.63, 3.8) is 0 Å². The lowest BCUT2D eigenvalue weighted by Crippen LogP contribution is -2.57. The van der Waals surface area contributed by atoms with Gasteiger partial charge in [0.1, 0.15) is 5.82 Å². The van der Waals surface area contributed by atoms with Crippen LogP contribution >= 0.6 is 0 Å². The molecule has 5 heteroatoms. The van der Waals surface area contributed by atoms with Gasteiger partial charge in [-0.25, -0.2) is 9.18 Å². The fourth-order valence-corrected chi connectivity index (χ4v) is 3.48. The summed E-state index contributed by atoms with van der Waals surface area (Å²) in [5.74, 6) is -0.241. The van der Waals surface area contributed by atoms with Crippen LogP contribution in [0.1, 0.15) is 37.7 Å². The number of urea groups is 1. The SMILES string of the molecule is O=C(NC1C=CCCC1)NC1(Cc2ccc(F)cc2)CCOCC1. The zero-order chi connectivity index (χ0) is 16.8. The second-order valence-corrected chi connectivity index (χ2v) is 6.76. The van der Waals surface area contributed by atoms with E-state index in [4.69, 9.17) is 4.74 Å². The maximum Gasteiger partial charge on any atom is 0.315 e. The van der Waals surface area contributed by atoms with Gasteiger partial charge in [-0.2, -0.15) is 0 Å². The van der Waals surface area contributed by atoms with Crippen LogP contribution in [-0.4, -0.2) is 30.8 Å². The molecule has 1 fully saturated rings. The second-order valence-electron chi connectivity index (χ2n) is 6.76. The molecule has 1 heterocycles. The molecule has 0 aromatic heterocycles. The molecule has 130 valence electrons. The van der Waals surface area contributed by atoms with Gasteiger partial charge in [-0.05, 0) is 56.2 Å². The van der Waals surface area contributed by atoms with Crippen LogP contribution in [0.25, 0.3) is 0 Å². The summed E-state index contributed by atoms with van der Waals surface area (Å²) in [7, 11) is 0. The number of benzene rings is 1. The molecule has 0 radical (unpaired) electrons. The first-order valence-corrected chi connectivity index (χ1v) is 8.73. The first kappa shape index (κ1) is 17.0. The van der Waals surface area contributed by atoms with Crippen LogP contribution in [0, 0.1) is 5.82 Å². The van der Waals surface area contributed by atoms with Crippen molar-refractivity contribution in [1.29, 1.82) is 0 Å². The lowest BCUT2D eigenvalue weighted by molar-refractivity contribution is 0.0423. The molecular weight excluding hydrogens is 307 g/mol. The minimum absolute atomic E-state index is 0.112. The van der Waals surface area contributed by atoms with Gasteiger partial charge in [0.25, 0.3) is 0 Å². The third kappa shape index (κ3) is 4.57. The molecule has 4 nitrogen and oxygen atoms in total. The molecule has 1 aromatic carbocycles. The largest absolute Gasteiger partial charge is 0.381 e. The topological polar surface area (TPSA) is 50.4 Å². The fourth-order valence-electron chi connectivity index (χ4n) is 3.48. The van der Waals surface area contributed by atoms with Crippen LogP contribution in [0.5, 0.6) is 0 Å². The number of allylic oxidation sites excluding steroid dienone is 1. The van der Waals surface area contributed by atoms with Gasteiger partial charge in [0.2, 0.25) is 0 Å². The van der Waals surface area contributed by atoms with Crippen molar-refractivity contribution < 1.29 is 13.9 Å². The van der Waals surface area contributed by atoms with Crippen molar-refractivity contribution in [3.05, 3.63) is 47.8 Å². The number of carbonyl (C=O) groups excluding carboxylic acids is 1. The first-order valence-electron chi connectivity index (χ1n) is 8.73. The fraction of sp³-hybridized carbons (Fsp3) is 0.526. The van der Waals surface area contributed by atoms with E-state index < -0.39 is 0 Å². The molecule has 1 aliphatic carbocycles. The number of hydrogen-bond acceptors (Lipinski definition) is 2. The number of amides is 2. The smallest absolute Gasteiger partial charge is 0.315 e. The Morgan fingerprint density at radius 3 is 2.67 bits per heavy atom. The van der Waals surface area contributed by atoms with E-state index in [1.807, 2.05) is 0 Å². The van der Waals surface area contributed by atoms with E-state index in [0.717, 1.165) is 37.7 Å². The second kappa shape index (κ2) is 7.79. The number of halogens is 1. The van der Waals surface area contributed by atoms with Gasteiger partial charge in [-0.1, -0.05) is 24.3 Å². The molecule has 1 aromatic rings. The summed E-state index contributed by atoms with van der Waals surface area (Å²) in [5, 5.41) is 6.23. The molecule has 0 saturated carbocycles. The van der Waals surface area contributed by atoms with Gasteiger partial charge < -0.3 is 15.4 Å². The van der Waals surface area contributed by atoms with Crippen LogP contribution in [-0.2, 0) is 11.2 Å². The van der Waals surface area contributed by atoms with E-state index in [1.54, 1.807) is 12.1 Å². The molecule has 24 heavy (non-hydrogen) atoms. The van der Waals surface area contributed by atoms with Crippen molar-refractivity contribution >= 4 is 6.03 Å². The molecule has 1 aliphatic heterocycles. The highest BCUT2D eigenvalue weighted by Gasteiger charge is 2.34. The minimum atomic E-state index is -0.335. The predicted octanol–water partition coefficient (Wildman–Crippen LogP) is 3.33. The quantitative estimate of drug-likeness (QED) is 0.831. The maximum absolute atomic E-state index is 13.1. The van der Waals surface area contributed by atoms with Gasteiger partial charge in [-0.3, -0.25) is 0 Å². The van der Waals surface area contributed by atoms with Gasteiger partial charge in [0.15, 0.2) is 0 Å². The summed E-state index contributed by atoms with van der Waals surface area (Å²) in [5.41, 5.74) is 0.689. The normalized spacial score (nSPS) is 22.8. The third-order valence-electron chi connectivity index (χ3n) is 4.86. The van der Waals surface area contributed by atoms with Crippen LogP contribution in [0.3, 0.4) is 0 Å². The molecule has 1 atom stereocenters. The number of rotatable bonds is 4. The summed E-state index contributed by atoms with van der Waals surface area (Å²) in [6.07, 6.45) is 9.58. The molecular formula is C19H25FN2O2. The van der Waals surface area contributed by atoms with Gasteiger partial charge in [0, 0.05) is 19.3 Å². The van der Waals surface area contributed by atoms with Crippen molar-refractivity contribution in [2.75, 3.05) is 13.2 Å². The molecule has 2 N–H and O–H groups in total. The maximum atomic E-state index is 13.1. The van der Waals surface area contributed by atoms with E-state index in [1.165, 1.54) is 12.1 Å².